The van der Waals surface area contributed by atoms with Gasteiger partial charge >= 0.3 is 5.97 Å². The minimum absolute atomic E-state index is 0.278. The van der Waals surface area contributed by atoms with Crippen LogP contribution in [0.2, 0.25) is 0 Å². The first-order valence-corrected chi connectivity index (χ1v) is 12.5. The lowest BCUT2D eigenvalue weighted by Gasteiger charge is -2.17. The maximum absolute atomic E-state index is 12.5. The van der Waals surface area contributed by atoms with Crippen molar-refractivity contribution in [2.45, 2.75) is 12.0 Å². The molecule has 0 fully saturated rings. The molecule has 31 heavy (non-hydrogen) atoms. The van der Waals surface area contributed by atoms with Crippen LogP contribution in [0.25, 0.3) is 11.1 Å². The Morgan fingerprint density at radius 1 is 0.871 bits per heavy atom. The molecule has 4 nitrogen and oxygen atoms in total. The molecule has 0 aromatic heterocycles. The molecule has 0 radical (unpaired) electrons. The van der Waals surface area contributed by atoms with Crippen LogP contribution < -0.4 is 5.32 Å². The van der Waals surface area contributed by atoms with E-state index in [1.165, 1.54) is 29.4 Å². The van der Waals surface area contributed by atoms with Gasteiger partial charge in [-0.3, -0.25) is 4.79 Å². The van der Waals surface area contributed by atoms with Crippen LogP contribution in [0.4, 0.5) is 0 Å². The zero-order valence-electron chi connectivity index (χ0n) is 17.1. The highest BCUT2D eigenvalue weighted by atomic mass is 33.1. The molecule has 0 aliphatic heterocycles. The first-order chi connectivity index (χ1) is 15.2. The van der Waals surface area contributed by atoms with Crippen molar-refractivity contribution in [3.8, 4) is 11.1 Å². The molecule has 4 rings (SSSR count). The molecular weight excluding hydrogens is 426 g/mol. The third-order valence-corrected chi connectivity index (χ3v) is 7.76. The number of amides is 1. The summed E-state index contributed by atoms with van der Waals surface area (Å²) in [7, 11) is 4.64. The molecule has 1 amide bonds. The summed E-state index contributed by atoms with van der Waals surface area (Å²) in [5.41, 5.74) is 5.82. The molecule has 3 aromatic carbocycles. The number of carbonyl (C=O) groups excluding carboxylic acids is 2. The number of benzene rings is 3. The molecule has 0 heterocycles. The SMILES string of the molecule is COC(=O)[C@@H](CSSCC1c2ccccc2-c2ccccc21)NC(=O)c1ccccc1. The van der Waals surface area contributed by atoms with Crippen LogP contribution in [-0.4, -0.2) is 36.5 Å². The van der Waals surface area contributed by atoms with E-state index in [0.717, 1.165) is 5.75 Å². The maximum Gasteiger partial charge on any atom is 0.329 e. The van der Waals surface area contributed by atoms with E-state index in [1.807, 2.05) is 6.07 Å². The lowest BCUT2D eigenvalue weighted by molar-refractivity contribution is -0.142. The van der Waals surface area contributed by atoms with Crippen molar-refractivity contribution in [3.63, 3.8) is 0 Å². The largest absolute Gasteiger partial charge is 0.467 e. The molecule has 158 valence electrons. The highest BCUT2D eigenvalue weighted by molar-refractivity contribution is 8.76. The molecular formula is C25H23NO3S2. The van der Waals surface area contributed by atoms with Gasteiger partial charge < -0.3 is 10.1 Å². The number of carbonyl (C=O) groups is 2. The Labute approximate surface area is 190 Å². The third-order valence-electron chi connectivity index (χ3n) is 5.34. The van der Waals surface area contributed by atoms with E-state index in [9.17, 15) is 9.59 Å². The van der Waals surface area contributed by atoms with Crippen molar-refractivity contribution in [3.05, 3.63) is 95.6 Å². The van der Waals surface area contributed by atoms with E-state index < -0.39 is 12.0 Å². The molecule has 6 heteroatoms. The number of esters is 1. The van der Waals surface area contributed by atoms with Crippen molar-refractivity contribution in [2.75, 3.05) is 18.6 Å². The summed E-state index contributed by atoms with van der Waals surface area (Å²) in [4.78, 5) is 24.7. The molecule has 1 aliphatic rings. The van der Waals surface area contributed by atoms with Gasteiger partial charge in [0, 0.05) is 23.0 Å². The van der Waals surface area contributed by atoms with Crippen LogP contribution in [0.1, 0.15) is 27.4 Å². The summed E-state index contributed by atoms with van der Waals surface area (Å²) in [5.74, 6) is 0.931. The lowest BCUT2D eigenvalue weighted by Crippen LogP contribution is -2.43. The van der Waals surface area contributed by atoms with Gasteiger partial charge in [-0.15, -0.1) is 0 Å². The van der Waals surface area contributed by atoms with Gasteiger partial charge in [0.2, 0.25) is 0 Å². The van der Waals surface area contributed by atoms with Gasteiger partial charge in [0.15, 0.2) is 0 Å². The number of hydrogen-bond acceptors (Lipinski definition) is 5. The van der Waals surface area contributed by atoms with E-state index in [0.29, 0.717) is 17.2 Å². The van der Waals surface area contributed by atoms with Gasteiger partial charge in [-0.1, -0.05) is 88.3 Å². The van der Waals surface area contributed by atoms with Gasteiger partial charge in [0.05, 0.1) is 7.11 Å². The molecule has 1 N–H and O–H groups in total. The van der Waals surface area contributed by atoms with E-state index in [-0.39, 0.29) is 5.91 Å². The summed E-state index contributed by atoms with van der Waals surface area (Å²) in [6.45, 7) is 0. The Bertz CT molecular complexity index is 1030. The molecule has 3 aromatic rings. The normalized spacial score (nSPS) is 13.2. The minimum atomic E-state index is -0.696. The fraction of sp³-hybridized carbons (Fsp3) is 0.200. The predicted octanol–water partition coefficient (Wildman–Crippen LogP) is 5.15. The number of fused-ring (bicyclic) bond motifs is 3. The molecule has 0 unspecified atom stereocenters. The fourth-order valence-electron chi connectivity index (χ4n) is 3.81. The van der Waals surface area contributed by atoms with Crippen molar-refractivity contribution in [2.24, 2.45) is 0 Å². The maximum atomic E-state index is 12.5. The Kier molecular flexibility index (Phi) is 6.99. The predicted molar refractivity (Wildman–Crippen MR) is 128 cm³/mol. The number of nitrogens with one attached hydrogen (secondary N) is 1. The highest BCUT2D eigenvalue weighted by Crippen LogP contribution is 2.46. The number of methoxy groups -OCH3 is 1. The molecule has 0 bridgehead atoms. The Balaban J connectivity index is 1.37. The number of hydrogen-bond donors (Lipinski definition) is 1. The molecule has 1 atom stereocenters. The van der Waals surface area contributed by atoms with Gasteiger partial charge in [0.1, 0.15) is 6.04 Å². The quantitative estimate of drug-likeness (QED) is 0.293. The second-order valence-corrected chi connectivity index (χ2v) is 9.76. The first-order valence-electron chi connectivity index (χ1n) is 10.1. The average Bonchev–Trinajstić information content (AvgIpc) is 3.14. The Morgan fingerprint density at radius 3 is 2.06 bits per heavy atom. The third kappa shape index (κ3) is 4.81. The van der Waals surface area contributed by atoms with E-state index in [2.05, 4.69) is 53.8 Å². The van der Waals surface area contributed by atoms with Gasteiger partial charge in [0.25, 0.3) is 5.91 Å². The smallest absolute Gasteiger partial charge is 0.329 e. The summed E-state index contributed by atoms with van der Waals surface area (Å²) < 4.78 is 4.90. The topological polar surface area (TPSA) is 55.4 Å². The van der Waals surface area contributed by atoms with Gasteiger partial charge in [-0.25, -0.2) is 4.79 Å². The molecule has 0 spiro atoms. The first kappa shape index (κ1) is 21.5. The average molecular weight is 450 g/mol. The van der Waals surface area contributed by atoms with E-state index in [1.54, 1.807) is 45.9 Å². The van der Waals surface area contributed by atoms with Crippen molar-refractivity contribution in [1.82, 2.24) is 5.32 Å². The fourth-order valence-corrected chi connectivity index (χ4v) is 6.25. The zero-order chi connectivity index (χ0) is 21.6. The Morgan fingerprint density at radius 2 is 1.45 bits per heavy atom. The van der Waals surface area contributed by atoms with Crippen LogP contribution >= 0.6 is 21.6 Å². The molecule has 0 saturated heterocycles. The minimum Gasteiger partial charge on any atom is -0.467 e. The summed E-state index contributed by atoms with van der Waals surface area (Å²) in [6, 6.07) is 25.3. The van der Waals surface area contributed by atoms with Gasteiger partial charge in [-0.05, 0) is 34.4 Å². The molecule has 0 saturated carbocycles. The van der Waals surface area contributed by atoms with Crippen LogP contribution in [0.3, 0.4) is 0 Å². The second-order valence-electron chi connectivity index (χ2n) is 7.21. The number of ether oxygens (including phenoxy) is 1. The van der Waals surface area contributed by atoms with Crippen molar-refractivity contribution >= 4 is 33.5 Å². The van der Waals surface area contributed by atoms with Crippen molar-refractivity contribution in [1.29, 1.82) is 0 Å². The van der Waals surface area contributed by atoms with Crippen LogP contribution in [0.5, 0.6) is 0 Å². The Hall–Kier alpha value is -2.70. The zero-order valence-corrected chi connectivity index (χ0v) is 18.7. The van der Waals surface area contributed by atoms with Crippen molar-refractivity contribution < 1.29 is 14.3 Å². The van der Waals surface area contributed by atoms with Crippen LogP contribution in [0, 0.1) is 0 Å². The molecule has 1 aliphatic carbocycles. The monoisotopic (exact) mass is 449 g/mol. The second kappa shape index (κ2) is 10.1. The standard InChI is InChI=1S/C25H23NO3S2/c1-29-25(28)23(26-24(27)17-9-3-2-4-10-17)16-31-30-15-22-20-13-7-5-11-18(20)19-12-6-8-14-21(19)22/h2-14,22-23H,15-16H2,1H3,(H,26,27)/t23-/m1/s1. The number of rotatable bonds is 8. The summed E-state index contributed by atoms with van der Waals surface area (Å²) in [5, 5.41) is 2.80. The summed E-state index contributed by atoms with van der Waals surface area (Å²) >= 11 is 0. The van der Waals surface area contributed by atoms with Crippen LogP contribution in [0.15, 0.2) is 78.9 Å². The van der Waals surface area contributed by atoms with Crippen LogP contribution in [-0.2, 0) is 9.53 Å². The lowest BCUT2D eigenvalue weighted by atomic mass is 9.99. The van der Waals surface area contributed by atoms with E-state index >= 15 is 0 Å². The summed E-state index contributed by atoms with van der Waals surface area (Å²) in [6.07, 6.45) is 0. The van der Waals surface area contributed by atoms with Gasteiger partial charge in [-0.2, -0.15) is 0 Å². The van der Waals surface area contributed by atoms with E-state index in [4.69, 9.17) is 4.74 Å². The highest BCUT2D eigenvalue weighted by Gasteiger charge is 2.28.